The average Bonchev–Trinajstić information content (AvgIpc) is 2.57. The van der Waals surface area contributed by atoms with Crippen LogP contribution < -0.4 is 15.0 Å². The summed E-state index contributed by atoms with van der Waals surface area (Å²) in [5, 5.41) is 9.95. The Labute approximate surface area is 132 Å². The van der Waals surface area contributed by atoms with Crippen molar-refractivity contribution in [3.63, 3.8) is 0 Å². The van der Waals surface area contributed by atoms with E-state index < -0.39 is 0 Å². The molecule has 6 heteroatoms. The normalized spacial score (nSPS) is 10.7. The van der Waals surface area contributed by atoms with Crippen LogP contribution in [-0.2, 0) is 6.54 Å². The molecule has 0 aliphatic heterocycles. The molecular formula is C17H16N2O4. The van der Waals surface area contributed by atoms with Crippen molar-refractivity contribution in [3.05, 3.63) is 58.6 Å². The summed E-state index contributed by atoms with van der Waals surface area (Å²) in [6.07, 6.45) is 1.48. The number of benzene rings is 2. The first-order chi connectivity index (χ1) is 11.1. The van der Waals surface area contributed by atoms with Crippen molar-refractivity contribution < 1.29 is 14.6 Å². The van der Waals surface area contributed by atoms with Crippen molar-refractivity contribution in [2.45, 2.75) is 6.54 Å². The molecule has 0 aliphatic rings. The van der Waals surface area contributed by atoms with Gasteiger partial charge in [-0.25, -0.2) is 4.98 Å². The van der Waals surface area contributed by atoms with Crippen LogP contribution in [0.5, 0.6) is 17.2 Å². The van der Waals surface area contributed by atoms with E-state index in [0.717, 1.165) is 5.56 Å². The minimum Gasteiger partial charge on any atom is -0.508 e. The average molecular weight is 312 g/mol. The second-order valence-corrected chi connectivity index (χ2v) is 5.02. The van der Waals surface area contributed by atoms with Crippen molar-refractivity contribution in [1.82, 2.24) is 9.55 Å². The van der Waals surface area contributed by atoms with Gasteiger partial charge in [-0.1, -0.05) is 6.07 Å². The Morgan fingerprint density at radius 1 is 1.13 bits per heavy atom. The van der Waals surface area contributed by atoms with Gasteiger partial charge in [-0.15, -0.1) is 0 Å². The van der Waals surface area contributed by atoms with Gasteiger partial charge in [-0.2, -0.15) is 0 Å². The van der Waals surface area contributed by atoms with E-state index in [2.05, 4.69) is 4.98 Å². The lowest BCUT2D eigenvalue weighted by Gasteiger charge is -2.14. The summed E-state index contributed by atoms with van der Waals surface area (Å²) in [6, 6.07) is 9.97. The highest BCUT2D eigenvalue weighted by Gasteiger charge is 2.13. The van der Waals surface area contributed by atoms with Crippen molar-refractivity contribution >= 4 is 10.9 Å². The van der Waals surface area contributed by atoms with Gasteiger partial charge >= 0.3 is 0 Å². The number of ether oxygens (including phenoxy) is 2. The lowest BCUT2D eigenvalue weighted by Crippen LogP contribution is -2.21. The van der Waals surface area contributed by atoms with E-state index in [4.69, 9.17) is 9.47 Å². The van der Waals surface area contributed by atoms with Gasteiger partial charge in [-0.3, -0.25) is 9.36 Å². The zero-order valence-corrected chi connectivity index (χ0v) is 12.8. The Balaban J connectivity index is 2.13. The molecule has 0 unspecified atom stereocenters. The second kappa shape index (κ2) is 6.00. The Morgan fingerprint density at radius 3 is 2.48 bits per heavy atom. The standard InChI is InChI=1S/C17H16N2O4/c1-22-15-4-3-5-16(23-2)13(15)9-19-10-18-14-7-6-11(20)8-12(14)17(19)21/h3-8,10,20H,9H2,1-2H3. The molecule has 0 amide bonds. The molecule has 3 rings (SSSR count). The molecule has 1 heterocycles. The number of aromatic hydroxyl groups is 1. The van der Waals surface area contributed by atoms with Crippen molar-refractivity contribution in [1.29, 1.82) is 0 Å². The zero-order chi connectivity index (χ0) is 16.4. The molecule has 6 nitrogen and oxygen atoms in total. The van der Waals surface area contributed by atoms with Gasteiger partial charge in [-0.05, 0) is 30.3 Å². The lowest BCUT2D eigenvalue weighted by molar-refractivity contribution is 0.383. The Kier molecular flexibility index (Phi) is 3.89. The van der Waals surface area contributed by atoms with E-state index in [1.807, 2.05) is 18.2 Å². The quantitative estimate of drug-likeness (QED) is 0.799. The molecule has 1 aromatic heterocycles. The highest BCUT2D eigenvalue weighted by Crippen LogP contribution is 2.28. The molecule has 1 N–H and O–H groups in total. The van der Waals surface area contributed by atoms with E-state index >= 15 is 0 Å². The minimum atomic E-state index is -0.237. The predicted molar refractivity (Wildman–Crippen MR) is 86.3 cm³/mol. The van der Waals surface area contributed by atoms with Gasteiger partial charge in [0.2, 0.25) is 0 Å². The van der Waals surface area contributed by atoms with E-state index in [0.29, 0.717) is 22.4 Å². The lowest BCUT2D eigenvalue weighted by atomic mass is 10.1. The van der Waals surface area contributed by atoms with Crippen LogP contribution in [0.3, 0.4) is 0 Å². The summed E-state index contributed by atoms with van der Waals surface area (Å²) in [7, 11) is 3.13. The Bertz CT molecular complexity index is 896. The smallest absolute Gasteiger partial charge is 0.261 e. The van der Waals surface area contributed by atoms with Crippen LogP contribution in [0.1, 0.15) is 5.56 Å². The van der Waals surface area contributed by atoms with Gasteiger partial charge in [0.25, 0.3) is 5.56 Å². The third-order valence-electron chi connectivity index (χ3n) is 3.67. The number of aromatic nitrogens is 2. The van der Waals surface area contributed by atoms with Crippen molar-refractivity contribution in [3.8, 4) is 17.2 Å². The molecule has 0 saturated heterocycles. The van der Waals surface area contributed by atoms with Gasteiger partial charge in [0.05, 0.1) is 43.6 Å². The molecule has 23 heavy (non-hydrogen) atoms. The molecule has 0 fully saturated rings. The second-order valence-electron chi connectivity index (χ2n) is 5.02. The maximum Gasteiger partial charge on any atom is 0.261 e. The van der Waals surface area contributed by atoms with Crippen LogP contribution in [0.2, 0.25) is 0 Å². The third-order valence-corrected chi connectivity index (χ3v) is 3.67. The molecule has 0 aliphatic carbocycles. The van der Waals surface area contributed by atoms with Crippen LogP contribution in [0.4, 0.5) is 0 Å². The summed E-state index contributed by atoms with van der Waals surface area (Å²) in [6.45, 7) is 0.255. The van der Waals surface area contributed by atoms with E-state index in [9.17, 15) is 9.90 Å². The van der Waals surface area contributed by atoms with E-state index in [-0.39, 0.29) is 17.9 Å². The van der Waals surface area contributed by atoms with Gasteiger partial charge in [0.1, 0.15) is 17.2 Å². The van der Waals surface area contributed by atoms with Gasteiger partial charge < -0.3 is 14.6 Å². The number of methoxy groups -OCH3 is 2. The topological polar surface area (TPSA) is 73.6 Å². The van der Waals surface area contributed by atoms with E-state index in [1.165, 1.54) is 23.0 Å². The molecule has 3 aromatic rings. The summed E-state index contributed by atoms with van der Waals surface area (Å²) in [4.78, 5) is 16.9. The highest BCUT2D eigenvalue weighted by molar-refractivity contribution is 5.78. The Morgan fingerprint density at radius 2 is 1.83 bits per heavy atom. The van der Waals surface area contributed by atoms with Crippen molar-refractivity contribution in [2.75, 3.05) is 14.2 Å². The highest BCUT2D eigenvalue weighted by atomic mass is 16.5. The fraction of sp³-hybridized carbons (Fsp3) is 0.176. The molecule has 2 aromatic carbocycles. The largest absolute Gasteiger partial charge is 0.508 e. The number of phenols is 1. The maximum absolute atomic E-state index is 12.6. The summed E-state index contributed by atoms with van der Waals surface area (Å²) in [5.41, 5.74) is 1.05. The minimum absolute atomic E-state index is 0.0315. The summed E-state index contributed by atoms with van der Waals surface area (Å²) >= 11 is 0. The van der Waals surface area contributed by atoms with Gasteiger partial charge in [0, 0.05) is 0 Å². The van der Waals surface area contributed by atoms with Crippen LogP contribution in [0.15, 0.2) is 47.5 Å². The molecule has 0 atom stereocenters. The monoisotopic (exact) mass is 312 g/mol. The number of rotatable bonds is 4. The maximum atomic E-state index is 12.6. The number of phenolic OH excluding ortho intramolecular Hbond substituents is 1. The first kappa shape index (κ1) is 14.9. The summed E-state index contributed by atoms with van der Waals surface area (Å²) in [5.74, 6) is 1.29. The van der Waals surface area contributed by atoms with Gasteiger partial charge in [0.15, 0.2) is 0 Å². The van der Waals surface area contributed by atoms with Crippen LogP contribution in [0.25, 0.3) is 10.9 Å². The molecule has 0 radical (unpaired) electrons. The molecular weight excluding hydrogens is 296 g/mol. The fourth-order valence-corrected chi connectivity index (χ4v) is 2.51. The number of hydrogen-bond donors (Lipinski definition) is 1. The summed E-state index contributed by atoms with van der Waals surface area (Å²) < 4.78 is 12.2. The van der Waals surface area contributed by atoms with Crippen LogP contribution in [-0.4, -0.2) is 28.9 Å². The molecule has 0 spiro atoms. The number of hydrogen-bond acceptors (Lipinski definition) is 5. The SMILES string of the molecule is COc1cccc(OC)c1Cn1cnc2ccc(O)cc2c1=O. The van der Waals surface area contributed by atoms with E-state index in [1.54, 1.807) is 20.3 Å². The van der Waals surface area contributed by atoms with Crippen molar-refractivity contribution in [2.24, 2.45) is 0 Å². The predicted octanol–water partition coefficient (Wildman–Crippen LogP) is 2.17. The number of fused-ring (bicyclic) bond motifs is 1. The Hall–Kier alpha value is -3.02. The third kappa shape index (κ3) is 2.70. The molecule has 0 bridgehead atoms. The molecule has 118 valence electrons. The molecule has 0 saturated carbocycles. The first-order valence-corrected chi connectivity index (χ1v) is 7.02. The van der Waals surface area contributed by atoms with Crippen LogP contribution >= 0.6 is 0 Å². The fourth-order valence-electron chi connectivity index (χ4n) is 2.51. The van der Waals surface area contributed by atoms with Crippen LogP contribution in [0, 0.1) is 0 Å². The first-order valence-electron chi connectivity index (χ1n) is 7.02. The zero-order valence-electron chi connectivity index (χ0n) is 12.8. The number of nitrogens with zero attached hydrogens (tertiary/aromatic N) is 2.